The van der Waals surface area contributed by atoms with Gasteiger partial charge < -0.3 is 5.73 Å². The van der Waals surface area contributed by atoms with Gasteiger partial charge in [0, 0.05) is 5.56 Å². The van der Waals surface area contributed by atoms with Crippen LogP contribution in [0.5, 0.6) is 0 Å². The first-order valence-corrected chi connectivity index (χ1v) is 7.14. The maximum Gasteiger partial charge on any atom is 0.128 e. The van der Waals surface area contributed by atoms with E-state index < -0.39 is 6.04 Å². The summed E-state index contributed by atoms with van der Waals surface area (Å²) in [6.45, 7) is 6.32. The summed E-state index contributed by atoms with van der Waals surface area (Å²) < 4.78 is 13.9. The molecule has 0 saturated carbocycles. The first kappa shape index (κ1) is 14.7. The molecule has 20 heavy (non-hydrogen) atoms. The molecular formula is C18H22FN. The quantitative estimate of drug-likeness (QED) is 0.857. The lowest BCUT2D eigenvalue weighted by Gasteiger charge is -2.16. The van der Waals surface area contributed by atoms with Gasteiger partial charge in [0.2, 0.25) is 0 Å². The van der Waals surface area contributed by atoms with Crippen molar-refractivity contribution in [2.75, 3.05) is 0 Å². The molecule has 0 aliphatic rings. The molecule has 0 heterocycles. The second kappa shape index (κ2) is 6.19. The Morgan fingerprint density at radius 1 is 1.05 bits per heavy atom. The van der Waals surface area contributed by atoms with Crippen molar-refractivity contribution in [3.8, 4) is 0 Å². The fourth-order valence-electron chi connectivity index (χ4n) is 2.35. The number of aryl methyl sites for hydroxylation is 1. The molecule has 0 aromatic heterocycles. The minimum atomic E-state index is -0.416. The van der Waals surface area contributed by atoms with E-state index >= 15 is 0 Å². The highest BCUT2D eigenvalue weighted by molar-refractivity contribution is 5.36. The van der Waals surface area contributed by atoms with Gasteiger partial charge in [-0.3, -0.25) is 0 Å². The maximum absolute atomic E-state index is 13.9. The van der Waals surface area contributed by atoms with Crippen LogP contribution in [0.3, 0.4) is 0 Å². The Morgan fingerprint density at radius 2 is 1.65 bits per heavy atom. The van der Waals surface area contributed by atoms with Gasteiger partial charge in [-0.1, -0.05) is 55.8 Å². The van der Waals surface area contributed by atoms with Crippen molar-refractivity contribution in [2.24, 2.45) is 5.73 Å². The van der Waals surface area contributed by atoms with Gasteiger partial charge in [0.15, 0.2) is 0 Å². The van der Waals surface area contributed by atoms with Crippen LogP contribution in [0.2, 0.25) is 0 Å². The molecule has 2 aromatic carbocycles. The largest absolute Gasteiger partial charge is 0.320 e. The van der Waals surface area contributed by atoms with Crippen molar-refractivity contribution in [1.29, 1.82) is 0 Å². The third kappa shape index (κ3) is 3.07. The molecule has 0 amide bonds. The molecule has 0 fully saturated rings. The summed E-state index contributed by atoms with van der Waals surface area (Å²) in [5, 5.41) is 0. The number of hydrogen-bond donors (Lipinski definition) is 1. The molecule has 2 heteroatoms. The minimum Gasteiger partial charge on any atom is -0.320 e. The maximum atomic E-state index is 13.9. The van der Waals surface area contributed by atoms with E-state index in [1.54, 1.807) is 6.07 Å². The Bertz CT molecular complexity index is 574. The summed E-state index contributed by atoms with van der Waals surface area (Å²) in [7, 11) is 0. The second-order valence-electron chi connectivity index (χ2n) is 5.48. The SMILES string of the molecule is CCC(C)c1ccc(C(N)c2cc(C)ccc2F)cc1. The summed E-state index contributed by atoms with van der Waals surface area (Å²) in [4.78, 5) is 0. The molecule has 2 atom stereocenters. The summed E-state index contributed by atoms with van der Waals surface area (Å²) in [5.41, 5.74) is 10.0. The van der Waals surface area contributed by atoms with Crippen molar-refractivity contribution >= 4 is 0 Å². The molecule has 2 N–H and O–H groups in total. The van der Waals surface area contributed by atoms with E-state index in [0.29, 0.717) is 11.5 Å². The first-order chi connectivity index (χ1) is 9.52. The first-order valence-electron chi connectivity index (χ1n) is 7.14. The average molecular weight is 271 g/mol. The highest BCUT2D eigenvalue weighted by Gasteiger charge is 2.14. The molecule has 0 radical (unpaired) electrons. The molecule has 2 unspecified atom stereocenters. The van der Waals surface area contributed by atoms with Gasteiger partial charge in [-0.05, 0) is 36.5 Å². The van der Waals surface area contributed by atoms with Gasteiger partial charge in [0.05, 0.1) is 6.04 Å². The lowest BCUT2D eigenvalue weighted by Crippen LogP contribution is -2.14. The zero-order chi connectivity index (χ0) is 14.7. The molecule has 0 saturated heterocycles. The zero-order valence-corrected chi connectivity index (χ0v) is 12.4. The van der Waals surface area contributed by atoms with E-state index in [0.717, 1.165) is 17.5 Å². The van der Waals surface area contributed by atoms with Gasteiger partial charge in [-0.2, -0.15) is 0 Å². The fraction of sp³-hybridized carbons (Fsp3) is 0.333. The van der Waals surface area contributed by atoms with E-state index in [1.165, 1.54) is 11.6 Å². The van der Waals surface area contributed by atoms with E-state index in [-0.39, 0.29) is 5.82 Å². The lowest BCUT2D eigenvalue weighted by atomic mass is 9.93. The molecule has 2 rings (SSSR count). The topological polar surface area (TPSA) is 26.0 Å². The van der Waals surface area contributed by atoms with Crippen LogP contribution in [0.25, 0.3) is 0 Å². The number of benzene rings is 2. The third-order valence-electron chi connectivity index (χ3n) is 3.96. The van der Waals surface area contributed by atoms with E-state index in [2.05, 4.69) is 26.0 Å². The van der Waals surface area contributed by atoms with Crippen molar-refractivity contribution in [2.45, 2.75) is 39.2 Å². The highest BCUT2D eigenvalue weighted by Crippen LogP contribution is 2.25. The van der Waals surface area contributed by atoms with Gasteiger partial charge >= 0.3 is 0 Å². The lowest BCUT2D eigenvalue weighted by molar-refractivity contribution is 0.599. The molecule has 0 spiro atoms. The van der Waals surface area contributed by atoms with Crippen LogP contribution in [0.1, 0.15) is 54.5 Å². The van der Waals surface area contributed by atoms with Crippen LogP contribution in [-0.4, -0.2) is 0 Å². The fourth-order valence-corrected chi connectivity index (χ4v) is 2.35. The summed E-state index contributed by atoms with van der Waals surface area (Å²) in [6.07, 6.45) is 1.11. The summed E-state index contributed by atoms with van der Waals surface area (Å²) >= 11 is 0. The summed E-state index contributed by atoms with van der Waals surface area (Å²) in [6, 6.07) is 12.9. The highest BCUT2D eigenvalue weighted by atomic mass is 19.1. The van der Waals surface area contributed by atoms with Crippen molar-refractivity contribution in [1.82, 2.24) is 0 Å². The predicted octanol–water partition coefficient (Wildman–Crippen LogP) is 4.70. The average Bonchev–Trinajstić information content (AvgIpc) is 2.48. The van der Waals surface area contributed by atoms with Crippen LogP contribution < -0.4 is 5.73 Å². The van der Waals surface area contributed by atoms with E-state index in [1.807, 2.05) is 25.1 Å². The smallest absolute Gasteiger partial charge is 0.128 e. The van der Waals surface area contributed by atoms with Crippen LogP contribution in [0, 0.1) is 12.7 Å². The Balaban J connectivity index is 2.29. The number of hydrogen-bond acceptors (Lipinski definition) is 1. The summed E-state index contributed by atoms with van der Waals surface area (Å²) in [5.74, 6) is 0.296. The second-order valence-corrected chi connectivity index (χ2v) is 5.48. The molecular weight excluding hydrogens is 249 g/mol. The van der Waals surface area contributed by atoms with Crippen LogP contribution in [0.4, 0.5) is 4.39 Å². The Kier molecular flexibility index (Phi) is 4.56. The third-order valence-corrected chi connectivity index (χ3v) is 3.96. The Hall–Kier alpha value is -1.67. The standard InChI is InChI=1S/C18H22FN/c1-4-13(3)14-6-8-15(9-7-14)18(20)16-11-12(2)5-10-17(16)19/h5-11,13,18H,4,20H2,1-3H3. The molecule has 0 aliphatic carbocycles. The van der Waals surface area contributed by atoms with E-state index in [4.69, 9.17) is 5.73 Å². The van der Waals surface area contributed by atoms with Gasteiger partial charge in [-0.15, -0.1) is 0 Å². The Labute approximate surface area is 120 Å². The molecule has 0 bridgehead atoms. The van der Waals surface area contributed by atoms with Gasteiger partial charge in [0.1, 0.15) is 5.82 Å². The number of halogens is 1. The van der Waals surface area contributed by atoms with Gasteiger partial charge in [-0.25, -0.2) is 4.39 Å². The molecule has 1 nitrogen and oxygen atoms in total. The van der Waals surface area contributed by atoms with Crippen molar-refractivity contribution in [3.63, 3.8) is 0 Å². The number of nitrogens with two attached hydrogens (primary N) is 1. The molecule has 0 aliphatic heterocycles. The van der Waals surface area contributed by atoms with Crippen molar-refractivity contribution < 1.29 is 4.39 Å². The number of rotatable bonds is 4. The monoisotopic (exact) mass is 271 g/mol. The normalized spacial score (nSPS) is 14.1. The van der Waals surface area contributed by atoms with Crippen LogP contribution >= 0.6 is 0 Å². The van der Waals surface area contributed by atoms with Crippen LogP contribution in [0.15, 0.2) is 42.5 Å². The predicted molar refractivity (Wildman–Crippen MR) is 82.3 cm³/mol. The van der Waals surface area contributed by atoms with Gasteiger partial charge in [0.25, 0.3) is 0 Å². The molecule has 106 valence electrons. The van der Waals surface area contributed by atoms with E-state index in [9.17, 15) is 4.39 Å². The minimum absolute atomic E-state index is 0.242. The van der Waals surface area contributed by atoms with Crippen LogP contribution in [-0.2, 0) is 0 Å². The zero-order valence-electron chi connectivity index (χ0n) is 12.4. The molecule has 2 aromatic rings. The van der Waals surface area contributed by atoms with Crippen molar-refractivity contribution in [3.05, 3.63) is 70.5 Å². The Morgan fingerprint density at radius 3 is 2.25 bits per heavy atom.